The van der Waals surface area contributed by atoms with Gasteiger partial charge in [0.25, 0.3) is 5.91 Å². The number of fused-ring (bicyclic) bond motifs is 1. The first-order valence-electron chi connectivity index (χ1n) is 10.1. The predicted octanol–water partition coefficient (Wildman–Crippen LogP) is 4.07. The Morgan fingerprint density at radius 2 is 2.33 bits per heavy atom. The average molecular weight is 428 g/mol. The Morgan fingerprint density at radius 3 is 3.03 bits per heavy atom. The van der Waals surface area contributed by atoms with Crippen LogP contribution in [0, 0.1) is 12.8 Å². The molecule has 1 saturated heterocycles. The topological polar surface area (TPSA) is 79.7 Å². The molecule has 0 spiro atoms. The minimum Gasteiger partial charge on any atom is -0.384 e. The number of allylic oxidation sites excluding steroid dienone is 3. The molecule has 30 heavy (non-hydrogen) atoms. The third-order valence-electron chi connectivity index (χ3n) is 5.10. The number of thiophene rings is 1. The van der Waals surface area contributed by atoms with E-state index in [0.717, 1.165) is 33.8 Å². The van der Waals surface area contributed by atoms with Crippen molar-refractivity contribution in [3.8, 4) is 0 Å². The van der Waals surface area contributed by atoms with Crippen LogP contribution in [0.3, 0.4) is 0 Å². The van der Waals surface area contributed by atoms with Crippen molar-refractivity contribution in [2.24, 2.45) is 10.9 Å². The van der Waals surface area contributed by atoms with E-state index >= 15 is 0 Å². The molecule has 2 aromatic heterocycles. The molecule has 0 saturated carbocycles. The van der Waals surface area contributed by atoms with E-state index in [1.807, 2.05) is 50.0 Å². The van der Waals surface area contributed by atoms with Gasteiger partial charge in [-0.25, -0.2) is 9.97 Å². The highest BCUT2D eigenvalue weighted by molar-refractivity contribution is 7.19. The third-order valence-corrected chi connectivity index (χ3v) is 6.15. The third kappa shape index (κ3) is 4.94. The van der Waals surface area contributed by atoms with Gasteiger partial charge >= 0.3 is 0 Å². The van der Waals surface area contributed by atoms with Crippen molar-refractivity contribution in [2.45, 2.75) is 33.2 Å². The molecule has 1 amide bonds. The van der Waals surface area contributed by atoms with Crippen molar-refractivity contribution >= 4 is 40.1 Å². The van der Waals surface area contributed by atoms with Crippen molar-refractivity contribution in [1.82, 2.24) is 14.9 Å². The molecule has 160 valence electrons. The quantitative estimate of drug-likeness (QED) is 0.507. The number of aryl methyl sites for hydroxylation is 1. The van der Waals surface area contributed by atoms with E-state index in [1.54, 1.807) is 18.4 Å². The van der Waals surface area contributed by atoms with E-state index in [9.17, 15) is 4.79 Å². The second kappa shape index (κ2) is 9.95. The molecule has 0 aromatic carbocycles. The van der Waals surface area contributed by atoms with Gasteiger partial charge in [0.05, 0.1) is 28.6 Å². The zero-order chi connectivity index (χ0) is 21.7. The Balaban J connectivity index is 1.91. The predicted molar refractivity (Wildman–Crippen MR) is 124 cm³/mol. The zero-order valence-corrected chi connectivity index (χ0v) is 18.8. The Labute approximate surface area is 181 Å². The fraction of sp³-hybridized carbons (Fsp3) is 0.455. The molecular weight excluding hydrogens is 398 g/mol. The van der Waals surface area contributed by atoms with Crippen molar-refractivity contribution in [3.05, 3.63) is 40.6 Å². The van der Waals surface area contributed by atoms with E-state index in [1.165, 1.54) is 0 Å². The molecule has 3 rings (SSSR count). The number of aromatic nitrogens is 2. The highest BCUT2D eigenvalue weighted by atomic mass is 32.1. The number of ether oxygens (including phenoxy) is 1. The molecule has 7 nitrogen and oxygen atoms in total. The van der Waals surface area contributed by atoms with Crippen LogP contribution < -0.4 is 5.32 Å². The molecule has 3 heterocycles. The van der Waals surface area contributed by atoms with E-state index in [4.69, 9.17) is 4.74 Å². The number of anilines is 1. The molecule has 0 bridgehead atoms. The summed E-state index contributed by atoms with van der Waals surface area (Å²) in [7, 11) is 1.70. The van der Waals surface area contributed by atoms with Crippen LogP contribution in [0.25, 0.3) is 10.2 Å². The number of hydrogen-bond acceptors (Lipinski definition) is 7. The number of rotatable bonds is 8. The summed E-state index contributed by atoms with van der Waals surface area (Å²) in [6, 6.07) is 1.84. The smallest absolute Gasteiger partial charge is 0.274 e. The summed E-state index contributed by atoms with van der Waals surface area (Å²) in [6.45, 7) is 11.7. The fourth-order valence-electron chi connectivity index (χ4n) is 3.59. The minimum absolute atomic E-state index is 0.0508. The van der Waals surface area contributed by atoms with Crippen molar-refractivity contribution in [2.75, 3.05) is 32.1 Å². The number of likely N-dealkylation sites (tertiary alicyclic amines) is 1. The highest BCUT2D eigenvalue weighted by Crippen LogP contribution is 2.29. The number of aliphatic imine (C=N–C) groups is 1. The average Bonchev–Trinajstić information content (AvgIpc) is 3.33. The second-order valence-electron chi connectivity index (χ2n) is 7.47. The lowest BCUT2D eigenvalue weighted by molar-refractivity contribution is 0.0772. The molecule has 0 radical (unpaired) electrons. The monoisotopic (exact) mass is 427 g/mol. The molecule has 2 aromatic rings. The Bertz CT molecular complexity index is 981. The van der Waals surface area contributed by atoms with Gasteiger partial charge in [-0.1, -0.05) is 12.2 Å². The normalized spacial score (nSPS) is 18.3. The van der Waals surface area contributed by atoms with E-state index in [-0.39, 0.29) is 11.9 Å². The standard InChI is InChI=1S/C22H29N5O2S/c1-6-7-8-17(23-4)15(3)24-22-25-18-11-14(2)30-20(18)19(26-22)21(28)27-10-9-16(12-27)13-29-5/h6-8,11,15-16H,4,9-10,12-13H2,1-3,5H3,(H,24,25,26)/b7-6-,17-8-/t15-,16?/m0/s1. The van der Waals surface area contributed by atoms with Crippen molar-refractivity contribution < 1.29 is 9.53 Å². The molecule has 8 heteroatoms. The molecule has 1 unspecified atom stereocenters. The maximum absolute atomic E-state index is 13.3. The van der Waals surface area contributed by atoms with Crippen LogP contribution in [0.1, 0.15) is 35.6 Å². The van der Waals surface area contributed by atoms with Crippen LogP contribution in [-0.2, 0) is 4.74 Å². The lowest BCUT2D eigenvalue weighted by atomic mass is 10.1. The molecule has 1 N–H and O–H groups in total. The summed E-state index contributed by atoms with van der Waals surface area (Å²) >= 11 is 1.55. The van der Waals surface area contributed by atoms with Gasteiger partial charge in [0, 0.05) is 31.0 Å². The first-order valence-corrected chi connectivity index (χ1v) is 10.9. The Hall–Kier alpha value is -2.58. The molecule has 0 aliphatic carbocycles. The van der Waals surface area contributed by atoms with E-state index in [0.29, 0.717) is 30.7 Å². The summed E-state index contributed by atoms with van der Waals surface area (Å²) in [4.78, 5) is 29.6. The zero-order valence-electron chi connectivity index (χ0n) is 18.0. The number of nitrogens with one attached hydrogen (secondary N) is 1. The molecular formula is C22H29N5O2S. The first-order chi connectivity index (χ1) is 14.5. The van der Waals surface area contributed by atoms with Crippen LogP contribution in [0.4, 0.5) is 5.95 Å². The number of nitrogens with zero attached hydrogens (tertiary/aromatic N) is 4. The summed E-state index contributed by atoms with van der Waals surface area (Å²) in [6.07, 6.45) is 6.68. The van der Waals surface area contributed by atoms with Gasteiger partial charge in [-0.15, -0.1) is 11.3 Å². The Morgan fingerprint density at radius 1 is 1.53 bits per heavy atom. The lowest BCUT2D eigenvalue weighted by Crippen LogP contribution is -2.30. The van der Waals surface area contributed by atoms with Crippen LogP contribution >= 0.6 is 11.3 Å². The fourth-order valence-corrected chi connectivity index (χ4v) is 4.53. The summed E-state index contributed by atoms with van der Waals surface area (Å²) in [5, 5.41) is 3.27. The van der Waals surface area contributed by atoms with Gasteiger partial charge in [0.1, 0.15) is 0 Å². The van der Waals surface area contributed by atoms with Gasteiger partial charge in [-0.05, 0) is 46.1 Å². The van der Waals surface area contributed by atoms with Crippen molar-refractivity contribution in [3.63, 3.8) is 0 Å². The SMILES string of the molecule is C=N/C(=C\C=C/C)[C@H](C)Nc1nc(C(=O)N2CCC(COC)C2)c2sc(C)cc2n1. The number of carbonyl (C=O) groups excluding carboxylic acids is 1. The van der Waals surface area contributed by atoms with E-state index < -0.39 is 0 Å². The number of carbonyl (C=O) groups is 1. The van der Waals surface area contributed by atoms with Gasteiger partial charge in [-0.3, -0.25) is 9.79 Å². The number of methoxy groups -OCH3 is 1. The Kier molecular flexibility index (Phi) is 7.33. The van der Waals surface area contributed by atoms with Gasteiger partial charge in [-0.2, -0.15) is 0 Å². The van der Waals surface area contributed by atoms with Gasteiger partial charge in [0.2, 0.25) is 5.95 Å². The van der Waals surface area contributed by atoms with Crippen LogP contribution in [0.2, 0.25) is 0 Å². The lowest BCUT2D eigenvalue weighted by Gasteiger charge is -2.18. The molecule has 1 fully saturated rings. The van der Waals surface area contributed by atoms with E-state index in [2.05, 4.69) is 27.0 Å². The molecule has 2 atom stereocenters. The summed E-state index contributed by atoms with van der Waals surface area (Å²) < 4.78 is 6.09. The summed E-state index contributed by atoms with van der Waals surface area (Å²) in [5.41, 5.74) is 2.01. The second-order valence-corrected chi connectivity index (χ2v) is 8.73. The first kappa shape index (κ1) is 22.1. The van der Waals surface area contributed by atoms with Crippen LogP contribution in [0.15, 0.2) is 35.0 Å². The van der Waals surface area contributed by atoms with Crippen molar-refractivity contribution in [1.29, 1.82) is 0 Å². The molecule has 1 aliphatic heterocycles. The van der Waals surface area contributed by atoms with Gasteiger partial charge in [0.15, 0.2) is 5.69 Å². The van der Waals surface area contributed by atoms with Crippen LogP contribution in [-0.4, -0.2) is 60.3 Å². The summed E-state index contributed by atoms with van der Waals surface area (Å²) in [5.74, 6) is 0.737. The van der Waals surface area contributed by atoms with Crippen LogP contribution in [0.5, 0.6) is 0 Å². The largest absolute Gasteiger partial charge is 0.384 e. The maximum atomic E-state index is 13.3. The highest BCUT2D eigenvalue weighted by Gasteiger charge is 2.29. The van der Waals surface area contributed by atoms with Gasteiger partial charge < -0.3 is 15.0 Å². The number of amides is 1. The minimum atomic E-state index is -0.156. The number of hydrogen-bond donors (Lipinski definition) is 1. The molecule has 1 aliphatic rings. The maximum Gasteiger partial charge on any atom is 0.274 e.